The van der Waals surface area contributed by atoms with Gasteiger partial charge in [-0.15, -0.1) is 0 Å². The van der Waals surface area contributed by atoms with Gasteiger partial charge in [-0.1, -0.05) is 54.8 Å². The molecule has 0 saturated heterocycles. The first-order chi connectivity index (χ1) is 9.73. The minimum atomic E-state index is -0.144. The topological polar surface area (TPSA) is 64.9 Å². The lowest BCUT2D eigenvalue weighted by Crippen LogP contribution is -2.43. The molecule has 1 aliphatic carbocycles. The van der Waals surface area contributed by atoms with Crippen LogP contribution in [-0.2, 0) is 12.8 Å². The van der Waals surface area contributed by atoms with Crippen LogP contribution in [0.25, 0.3) is 0 Å². The Bertz CT molecular complexity index is 544. The Balaban J connectivity index is 1.65. The van der Waals surface area contributed by atoms with Crippen molar-refractivity contribution in [2.24, 2.45) is 5.73 Å². The van der Waals surface area contributed by atoms with Gasteiger partial charge in [0.25, 0.3) is 0 Å². The van der Waals surface area contributed by atoms with Crippen LogP contribution in [0, 0.1) is 0 Å². The highest BCUT2D eigenvalue weighted by Gasteiger charge is 2.29. The van der Waals surface area contributed by atoms with Gasteiger partial charge < -0.3 is 10.3 Å². The second kappa shape index (κ2) is 5.75. The smallest absolute Gasteiger partial charge is 0.228 e. The van der Waals surface area contributed by atoms with Crippen molar-refractivity contribution >= 4 is 0 Å². The average Bonchev–Trinajstić information content (AvgIpc) is 2.87. The molecule has 1 aromatic carbocycles. The lowest BCUT2D eigenvalue weighted by molar-refractivity contribution is 0.260. The summed E-state index contributed by atoms with van der Waals surface area (Å²) in [6, 6.07) is 10.2. The Labute approximate surface area is 119 Å². The van der Waals surface area contributed by atoms with Gasteiger partial charge >= 0.3 is 0 Å². The molecule has 106 valence electrons. The maximum atomic E-state index is 6.43. The van der Waals surface area contributed by atoms with Gasteiger partial charge in [0.15, 0.2) is 5.82 Å². The first kappa shape index (κ1) is 13.3. The Morgan fingerprint density at radius 1 is 1.10 bits per heavy atom. The van der Waals surface area contributed by atoms with Gasteiger partial charge in [0, 0.05) is 18.4 Å². The molecule has 0 bridgehead atoms. The van der Waals surface area contributed by atoms with Crippen molar-refractivity contribution in [3.8, 4) is 0 Å². The van der Waals surface area contributed by atoms with Crippen molar-refractivity contribution in [2.45, 2.75) is 50.5 Å². The number of rotatable bonds is 4. The van der Waals surface area contributed by atoms with Gasteiger partial charge in [-0.2, -0.15) is 4.98 Å². The SMILES string of the molecule is NC1(Cc2nc(Cc3ccccc3)no2)CCCCC1. The van der Waals surface area contributed by atoms with Gasteiger partial charge in [0.2, 0.25) is 5.89 Å². The molecule has 2 aromatic rings. The lowest BCUT2D eigenvalue weighted by Gasteiger charge is -2.31. The van der Waals surface area contributed by atoms with Crippen LogP contribution in [-0.4, -0.2) is 15.7 Å². The molecule has 0 amide bonds. The predicted octanol–water partition coefficient (Wildman–Crippen LogP) is 2.86. The predicted molar refractivity (Wildman–Crippen MR) is 77.3 cm³/mol. The van der Waals surface area contributed by atoms with Crippen LogP contribution in [0.4, 0.5) is 0 Å². The Morgan fingerprint density at radius 2 is 1.85 bits per heavy atom. The van der Waals surface area contributed by atoms with Crippen LogP contribution >= 0.6 is 0 Å². The van der Waals surface area contributed by atoms with Gasteiger partial charge in [0.05, 0.1) is 0 Å². The largest absolute Gasteiger partial charge is 0.339 e. The van der Waals surface area contributed by atoms with Gasteiger partial charge in [-0.05, 0) is 18.4 Å². The van der Waals surface area contributed by atoms with Crippen molar-refractivity contribution in [2.75, 3.05) is 0 Å². The summed E-state index contributed by atoms with van der Waals surface area (Å²) >= 11 is 0. The molecule has 20 heavy (non-hydrogen) atoms. The average molecular weight is 271 g/mol. The van der Waals surface area contributed by atoms with Crippen LogP contribution < -0.4 is 5.73 Å². The number of nitrogens with two attached hydrogens (primary N) is 1. The summed E-state index contributed by atoms with van der Waals surface area (Å²) in [6.07, 6.45) is 7.24. The minimum Gasteiger partial charge on any atom is -0.339 e. The molecule has 0 aliphatic heterocycles. The van der Waals surface area contributed by atoms with Crippen LogP contribution in [0.5, 0.6) is 0 Å². The van der Waals surface area contributed by atoms with Crippen molar-refractivity contribution in [3.63, 3.8) is 0 Å². The third-order valence-corrected chi connectivity index (χ3v) is 4.07. The summed E-state index contributed by atoms with van der Waals surface area (Å²) in [5.41, 5.74) is 7.48. The first-order valence-corrected chi connectivity index (χ1v) is 7.38. The van der Waals surface area contributed by atoms with E-state index in [0.717, 1.165) is 18.7 Å². The molecule has 1 aromatic heterocycles. The normalized spacial score (nSPS) is 18.1. The highest BCUT2D eigenvalue weighted by molar-refractivity contribution is 5.18. The second-order valence-electron chi connectivity index (χ2n) is 5.87. The van der Waals surface area contributed by atoms with Crippen LogP contribution in [0.1, 0.15) is 49.4 Å². The quantitative estimate of drug-likeness (QED) is 0.928. The van der Waals surface area contributed by atoms with Crippen molar-refractivity contribution in [1.82, 2.24) is 10.1 Å². The molecule has 3 rings (SSSR count). The van der Waals surface area contributed by atoms with Gasteiger partial charge in [-0.3, -0.25) is 0 Å². The Hall–Kier alpha value is -1.68. The van der Waals surface area contributed by atoms with Crippen LogP contribution in [0.2, 0.25) is 0 Å². The van der Waals surface area contributed by atoms with Crippen molar-refractivity contribution in [3.05, 3.63) is 47.6 Å². The molecule has 4 heteroatoms. The molecule has 1 fully saturated rings. The molecule has 4 nitrogen and oxygen atoms in total. The van der Waals surface area contributed by atoms with E-state index in [0.29, 0.717) is 18.7 Å². The molecule has 0 spiro atoms. The zero-order chi connectivity index (χ0) is 13.8. The molecular formula is C16H21N3O. The van der Waals surface area contributed by atoms with E-state index in [4.69, 9.17) is 10.3 Å². The highest BCUT2D eigenvalue weighted by atomic mass is 16.5. The summed E-state index contributed by atoms with van der Waals surface area (Å²) in [5, 5.41) is 4.07. The summed E-state index contributed by atoms with van der Waals surface area (Å²) in [5.74, 6) is 1.42. The number of hydrogen-bond donors (Lipinski definition) is 1. The van der Waals surface area contributed by atoms with E-state index in [1.165, 1.54) is 24.8 Å². The van der Waals surface area contributed by atoms with E-state index in [1.807, 2.05) is 18.2 Å². The van der Waals surface area contributed by atoms with E-state index in [2.05, 4.69) is 22.3 Å². The van der Waals surface area contributed by atoms with Gasteiger partial charge in [0.1, 0.15) is 0 Å². The molecular weight excluding hydrogens is 250 g/mol. The zero-order valence-electron chi connectivity index (χ0n) is 11.7. The summed E-state index contributed by atoms with van der Waals surface area (Å²) in [4.78, 5) is 4.49. The standard InChI is InChI=1S/C16H21N3O/c17-16(9-5-2-6-10-16)12-15-18-14(19-20-15)11-13-7-3-1-4-8-13/h1,3-4,7-8H,2,5-6,9-12,17H2. The van der Waals surface area contributed by atoms with Crippen molar-refractivity contribution < 1.29 is 4.52 Å². The van der Waals surface area contributed by atoms with E-state index in [-0.39, 0.29) is 5.54 Å². The molecule has 2 N–H and O–H groups in total. The van der Waals surface area contributed by atoms with E-state index in [9.17, 15) is 0 Å². The molecule has 0 unspecified atom stereocenters. The number of aromatic nitrogens is 2. The second-order valence-corrected chi connectivity index (χ2v) is 5.87. The van der Waals surface area contributed by atoms with E-state index in [1.54, 1.807) is 0 Å². The summed E-state index contributed by atoms with van der Waals surface area (Å²) < 4.78 is 5.36. The Morgan fingerprint density at radius 3 is 2.60 bits per heavy atom. The van der Waals surface area contributed by atoms with Crippen molar-refractivity contribution in [1.29, 1.82) is 0 Å². The van der Waals surface area contributed by atoms with E-state index >= 15 is 0 Å². The van der Waals surface area contributed by atoms with Crippen LogP contribution in [0.15, 0.2) is 34.9 Å². The lowest BCUT2D eigenvalue weighted by atomic mass is 9.80. The van der Waals surface area contributed by atoms with E-state index < -0.39 is 0 Å². The molecule has 0 atom stereocenters. The number of hydrogen-bond acceptors (Lipinski definition) is 4. The summed E-state index contributed by atoms with van der Waals surface area (Å²) in [7, 11) is 0. The first-order valence-electron chi connectivity index (χ1n) is 7.38. The fraction of sp³-hybridized carbons (Fsp3) is 0.500. The molecule has 1 heterocycles. The zero-order valence-corrected chi connectivity index (χ0v) is 11.7. The minimum absolute atomic E-state index is 0.144. The molecule has 0 radical (unpaired) electrons. The molecule has 1 aliphatic rings. The van der Waals surface area contributed by atoms with Gasteiger partial charge in [-0.25, -0.2) is 0 Å². The number of benzene rings is 1. The monoisotopic (exact) mass is 271 g/mol. The van der Waals surface area contributed by atoms with Crippen LogP contribution in [0.3, 0.4) is 0 Å². The Kier molecular flexibility index (Phi) is 3.83. The maximum Gasteiger partial charge on any atom is 0.228 e. The third-order valence-electron chi connectivity index (χ3n) is 4.07. The molecule has 1 saturated carbocycles. The third kappa shape index (κ3) is 3.25. The summed E-state index contributed by atoms with van der Waals surface area (Å²) in [6.45, 7) is 0. The maximum absolute atomic E-state index is 6.43. The fourth-order valence-electron chi connectivity index (χ4n) is 2.95. The number of nitrogens with zero attached hydrogens (tertiary/aromatic N) is 2. The highest BCUT2D eigenvalue weighted by Crippen LogP contribution is 2.28. The fourth-order valence-corrected chi connectivity index (χ4v) is 2.95.